The smallest absolute Gasteiger partial charge is 0.291 e. The Kier molecular flexibility index (Phi) is 8.29. The van der Waals surface area contributed by atoms with Gasteiger partial charge in [-0.3, -0.25) is 9.05 Å². The summed E-state index contributed by atoms with van der Waals surface area (Å²) in [6, 6.07) is 35.1. The predicted molar refractivity (Wildman–Crippen MR) is 136 cm³/mol. The molecule has 0 saturated heterocycles. The molecule has 0 heterocycles. The number of hydrogen-bond acceptors (Lipinski definition) is 5. The second-order valence-electron chi connectivity index (χ2n) is 7.77. The normalized spacial score (nSPS) is 12.0. The van der Waals surface area contributed by atoms with Crippen LogP contribution in [-0.2, 0) is 43.4 Å². The van der Waals surface area contributed by atoms with E-state index in [0.29, 0.717) is 5.56 Å². The highest BCUT2D eigenvalue weighted by Crippen LogP contribution is 2.56. The van der Waals surface area contributed by atoms with Crippen LogP contribution in [0.1, 0.15) is 16.7 Å². The fourth-order valence-corrected chi connectivity index (χ4v) is 7.36. The van der Waals surface area contributed by atoms with Crippen molar-refractivity contribution in [3.8, 4) is 0 Å². The Morgan fingerprint density at radius 3 is 1.37 bits per heavy atom. The summed E-state index contributed by atoms with van der Waals surface area (Å²) in [5.41, 5.74) is 2.14. The van der Waals surface area contributed by atoms with Crippen LogP contribution in [0.2, 0.25) is 0 Å². The molecule has 0 radical (unpaired) electrons. The Labute approximate surface area is 206 Å². The first-order valence-corrected chi connectivity index (χ1v) is 14.0. The lowest BCUT2D eigenvalue weighted by molar-refractivity contribution is 0.163. The van der Waals surface area contributed by atoms with E-state index in [-0.39, 0.29) is 24.7 Å². The zero-order chi connectivity index (χ0) is 24.6. The molecular weight excluding hydrogens is 481 g/mol. The van der Waals surface area contributed by atoms with Crippen molar-refractivity contribution in [2.45, 2.75) is 24.7 Å². The van der Waals surface area contributed by atoms with Gasteiger partial charge in [-0.1, -0.05) is 113 Å². The van der Waals surface area contributed by atoms with Crippen LogP contribution in [0.15, 0.2) is 126 Å². The zero-order valence-electron chi connectivity index (χ0n) is 19.0. The molecule has 0 saturated carbocycles. The molecule has 35 heavy (non-hydrogen) atoms. The standard InChI is InChI=1S/C27H26NO5PS/c29-34(32-22-25-15-7-2-8-16-25,33-23-26-17-9-3-10-18-26)28(21-24-13-5-1-6-14-24)35(30,31)27-19-11-4-12-20-27/h1-20H,21-23H2. The maximum atomic E-state index is 14.4. The van der Waals surface area contributed by atoms with E-state index in [0.717, 1.165) is 15.2 Å². The third-order valence-corrected chi connectivity index (χ3v) is 9.62. The molecule has 0 unspecified atom stereocenters. The first-order chi connectivity index (χ1) is 17.0. The number of sulfonamides is 1. The molecule has 0 aliphatic carbocycles. The third kappa shape index (κ3) is 6.54. The van der Waals surface area contributed by atoms with Crippen LogP contribution in [0, 0.1) is 0 Å². The average Bonchev–Trinajstić information content (AvgIpc) is 2.92. The highest BCUT2D eigenvalue weighted by molar-refractivity contribution is 7.94. The van der Waals surface area contributed by atoms with E-state index >= 15 is 0 Å². The van der Waals surface area contributed by atoms with Gasteiger partial charge in [0.05, 0.1) is 24.7 Å². The lowest BCUT2D eigenvalue weighted by Crippen LogP contribution is -2.30. The number of benzene rings is 4. The van der Waals surface area contributed by atoms with Crippen LogP contribution in [0.3, 0.4) is 0 Å². The second kappa shape index (κ2) is 11.6. The minimum absolute atomic E-state index is 0.00257. The maximum absolute atomic E-state index is 14.4. The summed E-state index contributed by atoms with van der Waals surface area (Å²) in [6.45, 7) is -0.343. The van der Waals surface area contributed by atoms with Crippen molar-refractivity contribution in [3.63, 3.8) is 0 Å². The summed E-state index contributed by atoms with van der Waals surface area (Å²) >= 11 is 0. The molecule has 4 aromatic rings. The lowest BCUT2D eigenvalue weighted by Gasteiger charge is -2.29. The van der Waals surface area contributed by atoms with Gasteiger partial charge in [0.25, 0.3) is 10.0 Å². The van der Waals surface area contributed by atoms with Crippen molar-refractivity contribution < 1.29 is 22.0 Å². The monoisotopic (exact) mass is 507 g/mol. The largest absolute Gasteiger partial charge is 0.422 e. The van der Waals surface area contributed by atoms with Crippen LogP contribution >= 0.6 is 7.75 Å². The Balaban J connectivity index is 1.74. The van der Waals surface area contributed by atoms with Gasteiger partial charge in [-0.2, -0.15) is 0 Å². The summed E-state index contributed by atoms with van der Waals surface area (Å²) in [5, 5.41) is 0. The van der Waals surface area contributed by atoms with E-state index in [1.165, 1.54) is 12.1 Å². The molecule has 4 aromatic carbocycles. The summed E-state index contributed by atoms with van der Waals surface area (Å²) < 4.78 is 54.6. The lowest BCUT2D eigenvalue weighted by atomic mass is 10.2. The van der Waals surface area contributed by atoms with E-state index < -0.39 is 17.8 Å². The van der Waals surface area contributed by atoms with Gasteiger partial charge in [0.2, 0.25) is 0 Å². The zero-order valence-corrected chi connectivity index (χ0v) is 20.7. The number of rotatable bonds is 11. The number of hydrogen-bond donors (Lipinski definition) is 0. The molecule has 6 nitrogen and oxygen atoms in total. The molecule has 4 rings (SSSR count). The van der Waals surface area contributed by atoms with E-state index in [1.807, 2.05) is 66.7 Å². The maximum Gasteiger partial charge on any atom is 0.422 e. The van der Waals surface area contributed by atoms with Crippen molar-refractivity contribution in [1.29, 1.82) is 0 Å². The molecule has 0 aliphatic heterocycles. The van der Waals surface area contributed by atoms with Crippen LogP contribution in [0.25, 0.3) is 0 Å². The van der Waals surface area contributed by atoms with Gasteiger partial charge in [-0.05, 0) is 28.8 Å². The van der Waals surface area contributed by atoms with Gasteiger partial charge >= 0.3 is 7.75 Å². The van der Waals surface area contributed by atoms with E-state index in [2.05, 4.69) is 0 Å². The van der Waals surface area contributed by atoms with Crippen molar-refractivity contribution in [2.24, 2.45) is 0 Å². The van der Waals surface area contributed by atoms with Crippen LogP contribution < -0.4 is 0 Å². The molecule has 0 N–H and O–H groups in total. The van der Waals surface area contributed by atoms with Crippen molar-refractivity contribution in [3.05, 3.63) is 138 Å². The van der Waals surface area contributed by atoms with E-state index in [4.69, 9.17) is 9.05 Å². The van der Waals surface area contributed by atoms with Crippen molar-refractivity contribution in [2.75, 3.05) is 0 Å². The van der Waals surface area contributed by atoms with Gasteiger partial charge in [-0.25, -0.2) is 13.0 Å². The van der Waals surface area contributed by atoms with E-state index in [9.17, 15) is 13.0 Å². The molecule has 0 spiro atoms. The minimum Gasteiger partial charge on any atom is -0.291 e. The quantitative estimate of drug-likeness (QED) is 0.219. The van der Waals surface area contributed by atoms with Crippen molar-refractivity contribution in [1.82, 2.24) is 4.08 Å². The Morgan fingerprint density at radius 2 is 0.943 bits per heavy atom. The SMILES string of the molecule is O=P(OCc1ccccc1)(OCc1ccccc1)N(Cc1ccccc1)S(=O)(=O)c1ccccc1. The van der Waals surface area contributed by atoms with Crippen LogP contribution in [0.4, 0.5) is 0 Å². The molecule has 8 heteroatoms. The van der Waals surface area contributed by atoms with Crippen LogP contribution in [-0.4, -0.2) is 12.5 Å². The van der Waals surface area contributed by atoms with E-state index in [1.54, 1.807) is 42.5 Å². The summed E-state index contributed by atoms with van der Waals surface area (Å²) in [5.74, 6) is 0. The third-order valence-electron chi connectivity index (χ3n) is 5.23. The van der Waals surface area contributed by atoms with Gasteiger partial charge in [-0.15, -0.1) is 0 Å². The Morgan fingerprint density at radius 1 is 0.571 bits per heavy atom. The molecule has 0 aliphatic rings. The molecule has 180 valence electrons. The Bertz CT molecular complexity index is 1300. The second-order valence-corrected chi connectivity index (χ2v) is 11.8. The fraction of sp³-hybridized carbons (Fsp3) is 0.111. The molecule has 0 fully saturated rings. The molecule has 0 aromatic heterocycles. The molecule has 0 atom stereocenters. The average molecular weight is 508 g/mol. The van der Waals surface area contributed by atoms with Crippen LogP contribution in [0.5, 0.6) is 0 Å². The molecule has 0 bridgehead atoms. The molecular formula is C27H26NO5PS. The van der Waals surface area contributed by atoms with Gasteiger partial charge in [0.15, 0.2) is 0 Å². The molecule has 0 amide bonds. The predicted octanol–water partition coefficient (Wildman–Crippen LogP) is 6.42. The summed E-state index contributed by atoms with van der Waals surface area (Å²) in [7, 11) is -8.61. The summed E-state index contributed by atoms with van der Waals surface area (Å²) in [6.07, 6.45) is 0. The Hall–Kier alpha value is -3.06. The highest BCUT2D eigenvalue weighted by Gasteiger charge is 2.43. The highest BCUT2D eigenvalue weighted by atomic mass is 32.2. The summed E-state index contributed by atoms with van der Waals surface area (Å²) in [4.78, 5) is 0.00257. The minimum atomic E-state index is -4.37. The van der Waals surface area contributed by atoms with Crippen molar-refractivity contribution >= 4 is 17.8 Å². The van der Waals surface area contributed by atoms with Gasteiger partial charge in [0, 0.05) is 0 Å². The van der Waals surface area contributed by atoms with Gasteiger partial charge < -0.3 is 0 Å². The topological polar surface area (TPSA) is 72.9 Å². The first kappa shape index (κ1) is 25.0. The first-order valence-electron chi connectivity index (χ1n) is 11.1. The van der Waals surface area contributed by atoms with Gasteiger partial charge in [0.1, 0.15) is 0 Å². The number of nitrogens with zero attached hydrogens (tertiary/aromatic N) is 1. The fourth-order valence-electron chi connectivity index (χ4n) is 3.38.